The summed E-state index contributed by atoms with van der Waals surface area (Å²) in [5, 5.41) is 14.2. The van der Waals surface area contributed by atoms with Gasteiger partial charge >= 0.3 is 5.97 Å². The number of carbonyl (C=O) groups excluding carboxylic acids is 2. The van der Waals surface area contributed by atoms with Crippen molar-refractivity contribution in [2.75, 3.05) is 0 Å². The Kier molecular flexibility index (Phi) is 3.81. The fraction of sp³-hybridized carbons (Fsp3) is 0.273. The minimum atomic E-state index is -0.986. The molecule has 2 amide bonds. The molecule has 1 aliphatic heterocycles. The molecule has 1 aromatic heterocycles. The van der Waals surface area contributed by atoms with Crippen LogP contribution >= 0.6 is 0 Å². The van der Waals surface area contributed by atoms with Crippen LogP contribution in [0.25, 0.3) is 11.3 Å². The zero-order chi connectivity index (χ0) is 20.3. The molecule has 2 aliphatic carbocycles. The Labute approximate surface area is 166 Å². The third-order valence-corrected chi connectivity index (χ3v) is 6.11. The summed E-state index contributed by atoms with van der Waals surface area (Å²) in [4.78, 5) is 36.4. The van der Waals surface area contributed by atoms with E-state index in [1.165, 1.54) is 12.3 Å². The van der Waals surface area contributed by atoms with Crippen LogP contribution in [0.4, 0.5) is 0 Å². The summed E-state index contributed by atoms with van der Waals surface area (Å²) in [6.07, 6.45) is 6.34. The first kappa shape index (κ1) is 17.6. The van der Waals surface area contributed by atoms with Gasteiger partial charge in [0.05, 0.1) is 23.6 Å². The van der Waals surface area contributed by atoms with Gasteiger partial charge in [0.1, 0.15) is 11.5 Å². The van der Waals surface area contributed by atoms with Crippen LogP contribution in [0.1, 0.15) is 28.1 Å². The number of hydrogen-bond donors (Lipinski definition) is 1. The lowest BCUT2D eigenvalue weighted by molar-refractivity contribution is -0.140. The standard InChI is InChI=1S/C22H18N2O5/c1-11-8-14(22(27)28)4-6-16(11)17-7-5-15(29-17)10-23-24-20(25)18-12-2-3-13(9-12)19(18)21(24)26/h2-8,10,12-13,18-19H,9H2,1H3,(H,27,28)/t12-,13-,18-,19+/m0/s1. The number of furan rings is 1. The number of imide groups is 1. The molecule has 5 rings (SSSR count). The average Bonchev–Trinajstić information content (AvgIpc) is 3.46. The molecule has 3 aliphatic rings. The largest absolute Gasteiger partial charge is 0.478 e. The van der Waals surface area contributed by atoms with E-state index >= 15 is 0 Å². The smallest absolute Gasteiger partial charge is 0.335 e. The van der Waals surface area contributed by atoms with E-state index in [0.717, 1.165) is 22.6 Å². The molecule has 4 atom stereocenters. The molecule has 2 aromatic rings. The van der Waals surface area contributed by atoms with Crippen LogP contribution in [0.5, 0.6) is 0 Å². The van der Waals surface area contributed by atoms with Gasteiger partial charge in [-0.15, -0.1) is 0 Å². The van der Waals surface area contributed by atoms with Crippen LogP contribution < -0.4 is 0 Å². The molecule has 1 saturated carbocycles. The summed E-state index contributed by atoms with van der Waals surface area (Å²) in [6.45, 7) is 1.81. The summed E-state index contributed by atoms with van der Waals surface area (Å²) in [7, 11) is 0. The Morgan fingerprint density at radius 2 is 1.83 bits per heavy atom. The number of hydrogen-bond acceptors (Lipinski definition) is 5. The maximum absolute atomic E-state index is 12.6. The molecular weight excluding hydrogens is 372 g/mol. The van der Waals surface area contributed by atoms with E-state index in [4.69, 9.17) is 9.52 Å². The molecule has 7 nitrogen and oxygen atoms in total. The van der Waals surface area contributed by atoms with Crippen molar-refractivity contribution in [3.8, 4) is 11.3 Å². The molecule has 29 heavy (non-hydrogen) atoms. The highest BCUT2D eigenvalue weighted by Gasteiger charge is 2.59. The lowest BCUT2D eigenvalue weighted by Crippen LogP contribution is -2.28. The second kappa shape index (κ2) is 6.27. The molecule has 1 N–H and O–H groups in total. The minimum absolute atomic E-state index is 0.147. The first-order valence-electron chi connectivity index (χ1n) is 9.48. The number of aromatic carboxylic acids is 1. The Bertz CT molecular complexity index is 1080. The molecule has 0 radical (unpaired) electrons. The molecular formula is C22H18N2O5. The van der Waals surface area contributed by atoms with E-state index in [1.54, 1.807) is 31.2 Å². The Morgan fingerprint density at radius 1 is 1.14 bits per heavy atom. The lowest BCUT2D eigenvalue weighted by atomic mass is 9.85. The third-order valence-electron chi connectivity index (χ3n) is 6.11. The predicted molar refractivity (Wildman–Crippen MR) is 103 cm³/mol. The van der Waals surface area contributed by atoms with E-state index in [2.05, 4.69) is 5.10 Å². The Balaban J connectivity index is 1.36. The van der Waals surface area contributed by atoms with Gasteiger partial charge in [-0.1, -0.05) is 18.2 Å². The molecule has 7 heteroatoms. The molecule has 2 heterocycles. The number of rotatable bonds is 4. The Hall–Kier alpha value is -3.48. The van der Waals surface area contributed by atoms with Crippen molar-refractivity contribution in [1.29, 1.82) is 0 Å². The molecule has 1 saturated heterocycles. The van der Waals surface area contributed by atoms with Gasteiger partial charge in [-0.05, 0) is 55.0 Å². The fourth-order valence-electron chi connectivity index (χ4n) is 4.76. The van der Waals surface area contributed by atoms with Crippen molar-refractivity contribution in [3.63, 3.8) is 0 Å². The van der Waals surface area contributed by atoms with E-state index in [1.807, 2.05) is 12.2 Å². The summed E-state index contributed by atoms with van der Waals surface area (Å²) in [6, 6.07) is 8.23. The molecule has 0 spiro atoms. The number of benzene rings is 1. The molecule has 1 aromatic carbocycles. The van der Waals surface area contributed by atoms with Crippen LogP contribution in [0, 0.1) is 30.6 Å². The van der Waals surface area contributed by atoms with Crippen LogP contribution in [0.2, 0.25) is 0 Å². The van der Waals surface area contributed by atoms with Crippen LogP contribution in [-0.4, -0.2) is 34.1 Å². The van der Waals surface area contributed by atoms with E-state index in [9.17, 15) is 14.4 Å². The maximum atomic E-state index is 12.6. The van der Waals surface area contributed by atoms with E-state index in [0.29, 0.717) is 11.5 Å². The predicted octanol–water partition coefficient (Wildman–Crippen LogP) is 3.09. The molecule has 0 unspecified atom stereocenters. The van der Waals surface area contributed by atoms with Crippen LogP contribution in [0.15, 0.2) is 52.0 Å². The number of carbonyl (C=O) groups is 3. The quantitative estimate of drug-likeness (QED) is 0.491. The van der Waals surface area contributed by atoms with Gasteiger partial charge in [-0.2, -0.15) is 10.1 Å². The second-order valence-electron chi connectivity index (χ2n) is 7.77. The molecule has 146 valence electrons. The monoisotopic (exact) mass is 390 g/mol. The third kappa shape index (κ3) is 2.65. The van der Waals surface area contributed by atoms with Crippen molar-refractivity contribution in [1.82, 2.24) is 5.01 Å². The van der Waals surface area contributed by atoms with Gasteiger partial charge in [0, 0.05) is 5.56 Å². The van der Waals surface area contributed by atoms with E-state index < -0.39 is 5.97 Å². The van der Waals surface area contributed by atoms with Crippen molar-refractivity contribution < 1.29 is 23.9 Å². The zero-order valence-corrected chi connectivity index (χ0v) is 15.6. The first-order chi connectivity index (χ1) is 13.9. The summed E-state index contributed by atoms with van der Waals surface area (Å²) < 4.78 is 5.77. The number of amides is 2. The van der Waals surface area contributed by atoms with E-state index in [-0.39, 0.29) is 41.0 Å². The lowest BCUT2D eigenvalue weighted by Gasteiger charge is -2.13. The van der Waals surface area contributed by atoms with Gasteiger partial charge in [-0.3, -0.25) is 9.59 Å². The van der Waals surface area contributed by atoms with Gasteiger partial charge < -0.3 is 9.52 Å². The van der Waals surface area contributed by atoms with Crippen molar-refractivity contribution >= 4 is 24.0 Å². The fourth-order valence-corrected chi connectivity index (χ4v) is 4.76. The maximum Gasteiger partial charge on any atom is 0.335 e. The second-order valence-corrected chi connectivity index (χ2v) is 7.77. The summed E-state index contributed by atoms with van der Waals surface area (Å²) >= 11 is 0. The highest BCUT2D eigenvalue weighted by atomic mass is 16.4. The number of aryl methyl sites for hydroxylation is 1. The first-order valence-corrected chi connectivity index (χ1v) is 9.48. The van der Waals surface area contributed by atoms with Crippen LogP contribution in [-0.2, 0) is 9.59 Å². The SMILES string of the molecule is Cc1cc(C(=O)O)ccc1-c1ccc(C=NN2C(=O)[C@@H]3[C@H](C2=O)[C@H]2C=C[C@H]3C2)o1. The van der Waals surface area contributed by atoms with Crippen molar-refractivity contribution in [3.05, 3.63) is 59.4 Å². The normalized spacial score (nSPS) is 27.4. The highest BCUT2D eigenvalue weighted by Crippen LogP contribution is 2.52. The van der Waals surface area contributed by atoms with Crippen molar-refractivity contribution in [2.24, 2.45) is 28.8 Å². The average molecular weight is 390 g/mol. The summed E-state index contributed by atoms with van der Waals surface area (Å²) in [5.41, 5.74) is 1.74. The number of hydrazone groups is 1. The minimum Gasteiger partial charge on any atom is -0.478 e. The molecule has 2 bridgehead atoms. The molecule has 2 fully saturated rings. The number of fused-ring (bicyclic) bond motifs is 5. The number of allylic oxidation sites excluding steroid dienone is 2. The highest BCUT2D eigenvalue weighted by molar-refractivity contribution is 6.06. The van der Waals surface area contributed by atoms with Gasteiger partial charge in [0.2, 0.25) is 0 Å². The topological polar surface area (TPSA) is 100 Å². The van der Waals surface area contributed by atoms with Crippen molar-refractivity contribution in [2.45, 2.75) is 13.3 Å². The summed E-state index contributed by atoms with van der Waals surface area (Å²) in [5.74, 6) is -0.767. The van der Waals surface area contributed by atoms with Crippen LogP contribution in [0.3, 0.4) is 0 Å². The zero-order valence-electron chi connectivity index (χ0n) is 15.6. The number of carboxylic acid groups (broad SMARTS) is 1. The number of carboxylic acids is 1. The van der Waals surface area contributed by atoms with Gasteiger partial charge in [0.25, 0.3) is 11.8 Å². The van der Waals surface area contributed by atoms with Gasteiger partial charge in [-0.25, -0.2) is 4.79 Å². The number of nitrogens with zero attached hydrogens (tertiary/aromatic N) is 2. The Morgan fingerprint density at radius 3 is 2.45 bits per heavy atom. The van der Waals surface area contributed by atoms with Gasteiger partial charge in [0.15, 0.2) is 0 Å².